The first-order valence-electron chi connectivity index (χ1n) is 8.87. The number of hydrogen-bond donors (Lipinski definition) is 0. The van der Waals surface area contributed by atoms with Crippen molar-refractivity contribution < 1.29 is 9.18 Å². The third-order valence-corrected chi connectivity index (χ3v) is 5.44. The van der Waals surface area contributed by atoms with E-state index in [9.17, 15) is 9.18 Å². The number of carbonyl (C=O) groups is 1. The fourth-order valence-electron chi connectivity index (χ4n) is 2.99. The van der Waals surface area contributed by atoms with Gasteiger partial charge in [-0.3, -0.25) is 19.4 Å². The maximum Gasteiger partial charge on any atom is 0.280 e. The van der Waals surface area contributed by atoms with Crippen molar-refractivity contribution >= 4 is 32.6 Å². The van der Waals surface area contributed by atoms with E-state index >= 15 is 0 Å². The molecule has 1 aromatic carbocycles. The van der Waals surface area contributed by atoms with Crippen molar-refractivity contribution in [2.75, 3.05) is 4.90 Å². The van der Waals surface area contributed by atoms with Crippen molar-refractivity contribution in [3.8, 4) is 0 Å². The van der Waals surface area contributed by atoms with Crippen LogP contribution in [0.4, 0.5) is 9.52 Å². The molecule has 0 aliphatic rings. The average Bonchev–Trinajstić information content (AvgIpc) is 3.30. The predicted octanol–water partition coefficient (Wildman–Crippen LogP) is 4.20. The molecule has 0 atom stereocenters. The molecule has 3 heterocycles. The third-order valence-electron chi connectivity index (χ3n) is 4.40. The number of rotatable bonds is 5. The van der Waals surface area contributed by atoms with Gasteiger partial charge in [-0.1, -0.05) is 23.5 Å². The molecule has 0 fully saturated rings. The molecule has 3 aromatic heterocycles. The molecule has 0 bridgehead atoms. The Morgan fingerprint density at radius 3 is 2.82 bits per heavy atom. The van der Waals surface area contributed by atoms with Crippen LogP contribution in [-0.4, -0.2) is 25.7 Å². The fourth-order valence-corrected chi connectivity index (χ4v) is 3.97. The minimum absolute atomic E-state index is 0.266. The highest BCUT2D eigenvalue weighted by Crippen LogP contribution is 2.32. The summed E-state index contributed by atoms with van der Waals surface area (Å²) in [5.41, 5.74) is 2.36. The van der Waals surface area contributed by atoms with Crippen LogP contribution < -0.4 is 4.90 Å². The van der Waals surface area contributed by atoms with Gasteiger partial charge in [-0.15, -0.1) is 0 Å². The predicted molar refractivity (Wildman–Crippen MR) is 107 cm³/mol. The fraction of sp³-hybridized carbons (Fsp3) is 0.200. The molecule has 0 aliphatic heterocycles. The first-order chi connectivity index (χ1) is 13.6. The van der Waals surface area contributed by atoms with Gasteiger partial charge >= 0.3 is 0 Å². The number of aromatic nitrogens is 4. The smallest absolute Gasteiger partial charge is 0.278 e. The first kappa shape index (κ1) is 18.2. The van der Waals surface area contributed by atoms with Crippen LogP contribution in [0, 0.1) is 12.7 Å². The summed E-state index contributed by atoms with van der Waals surface area (Å²) >= 11 is 1.28. The van der Waals surface area contributed by atoms with E-state index in [1.807, 2.05) is 26.0 Å². The van der Waals surface area contributed by atoms with Gasteiger partial charge in [-0.2, -0.15) is 5.10 Å². The van der Waals surface area contributed by atoms with E-state index < -0.39 is 5.82 Å². The maximum absolute atomic E-state index is 14.1. The highest BCUT2D eigenvalue weighted by molar-refractivity contribution is 7.22. The second-order valence-electron chi connectivity index (χ2n) is 6.32. The Kier molecular flexibility index (Phi) is 4.87. The van der Waals surface area contributed by atoms with Crippen LogP contribution in [0.3, 0.4) is 0 Å². The monoisotopic (exact) mass is 395 g/mol. The quantitative estimate of drug-likeness (QED) is 0.508. The SMILES string of the molecule is CCn1nc(C(=O)N(Cc2cccnc2)c2nc3c(F)cccc3s2)cc1C. The Balaban J connectivity index is 1.78. The second-order valence-corrected chi connectivity index (χ2v) is 7.33. The van der Waals surface area contributed by atoms with Gasteiger partial charge in [0.25, 0.3) is 5.91 Å². The molecule has 8 heteroatoms. The molecule has 0 aliphatic carbocycles. The number of aryl methyl sites for hydroxylation is 2. The Morgan fingerprint density at radius 2 is 2.14 bits per heavy atom. The van der Waals surface area contributed by atoms with Crippen molar-refractivity contribution in [1.82, 2.24) is 19.7 Å². The number of hydrogen-bond acceptors (Lipinski definition) is 5. The molecule has 4 aromatic rings. The van der Waals surface area contributed by atoms with Gasteiger partial charge in [0.05, 0.1) is 11.2 Å². The van der Waals surface area contributed by atoms with Gasteiger partial charge in [0.2, 0.25) is 0 Å². The summed E-state index contributed by atoms with van der Waals surface area (Å²) in [6.45, 7) is 4.82. The van der Waals surface area contributed by atoms with E-state index in [1.54, 1.807) is 35.3 Å². The van der Waals surface area contributed by atoms with Crippen LogP contribution >= 0.6 is 11.3 Å². The number of anilines is 1. The number of pyridine rings is 1. The minimum Gasteiger partial charge on any atom is -0.278 e. The van der Waals surface area contributed by atoms with Gasteiger partial charge in [-0.05, 0) is 43.7 Å². The Bertz CT molecular complexity index is 1140. The van der Waals surface area contributed by atoms with E-state index in [1.165, 1.54) is 22.3 Å². The molecule has 0 radical (unpaired) electrons. The zero-order chi connectivity index (χ0) is 19.7. The van der Waals surface area contributed by atoms with Gasteiger partial charge < -0.3 is 0 Å². The molecule has 28 heavy (non-hydrogen) atoms. The molecule has 0 N–H and O–H groups in total. The van der Waals surface area contributed by atoms with Crippen LogP contribution in [-0.2, 0) is 13.1 Å². The molecule has 0 spiro atoms. The summed E-state index contributed by atoms with van der Waals surface area (Å²) in [5.74, 6) is -0.682. The lowest BCUT2D eigenvalue weighted by molar-refractivity contribution is 0.0979. The summed E-state index contributed by atoms with van der Waals surface area (Å²) < 4.78 is 16.6. The summed E-state index contributed by atoms with van der Waals surface area (Å²) in [6.07, 6.45) is 3.37. The minimum atomic E-state index is -0.403. The molecule has 0 saturated carbocycles. The average molecular weight is 395 g/mol. The van der Waals surface area contributed by atoms with Crippen molar-refractivity contribution in [1.29, 1.82) is 0 Å². The number of carbonyl (C=O) groups excluding carboxylic acids is 1. The number of halogens is 1. The number of para-hydroxylation sites is 1. The molecule has 142 valence electrons. The number of nitrogens with zero attached hydrogens (tertiary/aromatic N) is 5. The highest BCUT2D eigenvalue weighted by Gasteiger charge is 2.25. The van der Waals surface area contributed by atoms with E-state index in [4.69, 9.17) is 0 Å². The normalized spacial score (nSPS) is 11.1. The van der Waals surface area contributed by atoms with E-state index in [0.29, 0.717) is 22.1 Å². The van der Waals surface area contributed by atoms with Crippen LogP contribution in [0.2, 0.25) is 0 Å². The summed E-state index contributed by atoms with van der Waals surface area (Å²) in [7, 11) is 0. The van der Waals surface area contributed by atoms with Gasteiger partial charge in [0.1, 0.15) is 11.3 Å². The maximum atomic E-state index is 14.1. The summed E-state index contributed by atoms with van der Waals surface area (Å²) in [5, 5.41) is 4.83. The molecule has 0 saturated heterocycles. The van der Waals surface area contributed by atoms with Crippen LogP contribution in [0.1, 0.15) is 28.7 Å². The molecule has 6 nitrogen and oxygen atoms in total. The topological polar surface area (TPSA) is 63.9 Å². The van der Waals surface area contributed by atoms with E-state index in [2.05, 4.69) is 15.1 Å². The van der Waals surface area contributed by atoms with Gasteiger partial charge in [0, 0.05) is 24.6 Å². The molecular formula is C20H18FN5OS. The zero-order valence-electron chi connectivity index (χ0n) is 15.5. The molecule has 0 unspecified atom stereocenters. The molecular weight excluding hydrogens is 377 g/mol. The van der Waals surface area contributed by atoms with Crippen LogP contribution in [0.5, 0.6) is 0 Å². The molecule has 1 amide bonds. The number of fused-ring (bicyclic) bond motifs is 1. The van der Waals surface area contributed by atoms with Crippen molar-refractivity contribution in [2.45, 2.75) is 26.9 Å². The Hall–Kier alpha value is -3.13. The molecule has 4 rings (SSSR count). The second kappa shape index (κ2) is 7.47. The lowest BCUT2D eigenvalue weighted by Crippen LogP contribution is -2.30. The summed E-state index contributed by atoms with van der Waals surface area (Å²) in [6, 6.07) is 10.3. The third kappa shape index (κ3) is 3.38. The zero-order valence-corrected chi connectivity index (χ0v) is 16.3. The highest BCUT2D eigenvalue weighted by atomic mass is 32.1. The first-order valence-corrected chi connectivity index (χ1v) is 9.68. The van der Waals surface area contributed by atoms with Crippen molar-refractivity contribution in [3.63, 3.8) is 0 Å². The van der Waals surface area contributed by atoms with E-state index in [-0.39, 0.29) is 18.0 Å². The Labute approximate surface area is 165 Å². The lowest BCUT2D eigenvalue weighted by atomic mass is 10.2. The Morgan fingerprint density at radius 1 is 1.29 bits per heavy atom. The number of benzene rings is 1. The number of thiazole rings is 1. The largest absolute Gasteiger partial charge is 0.280 e. The lowest BCUT2D eigenvalue weighted by Gasteiger charge is -2.18. The van der Waals surface area contributed by atoms with Crippen LogP contribution in [0.25, 0.3) is 10.2 Å². The standard InChI is InChI=1S/C20H18FN5OS/c1-3-26-13(2)10-16(24-26)19(27)25(12-14-6-5-9-22-11-14)20-23-18-15(21)7-4-8-17(18)28-20/h4-11H,3,12H2,1-2H3. The van der Waals surface area contributed by atoms with Gasteiger partial charge in [0.15, 0.2) is 10.8 Å². The van der Waals surface area contributed by atoms with E-state index in [0.717, 1.165) is 11.3 Å². The van der Waals surface area contributed by atoms with Crippen molar-refractivity contribution in [3.05, 3.63) is 71.6 Å². The van der Waals surface area contributed by atoms with Gasteiger partial charge in [-0.25, -0.2) is 9.37 Å². The van der Waals surface area contributed by atoms with Crippen LogP contribution in [0.15, 0.2) is 48.8 Å². The summed E-state index contributed by atoms with van der Waals surface area (Å²) in [4.78, 5) is 23.3. The van der Waals surface area contributed by atoms with Crippen molar-refractivity contribution in [2.24, 2.45) is 0 Å². The number of amides is 1.